The maximum atomic E-state index is 10.8. The molecule has 0 unspecified atom stereocenters. The molecule has 446 valence electrons. The van der Waals surface area contributed by atoms with Gasteiger partial charge in [-0.3, -0.25) is 19.2 Å². The van der Waals surface area contributed by atoms with Gasteiger partial charge in [0.05, 0.1) is 31.8 Å². The first kappa shape index (κ1) is 75.4. The number of rotatable bonds is 18. The Morgan fingerprint density at radius 3 is 0.705 bits per heavy atom. The molecular formula is C63H104O14S. The van der Waals surface area contributed by atoms with Crippen LogP contribution in [0.2, 0.25) is 0 Å². The van der Waals surface area contributed by atoms with Gasteiger partial charge in [0.25, 0.3) is 0 Å². The summed E-state index contributed by atoms with van der Waals surface area (Å²) in [7, 11) is 0. The van der Waals surface area contributed by atoms with E-state index < -0.39 is 49.8 Å². The van der Waals surface area contributed by atoms with Gasteiger partial charge in [0.1, 0.15) is 17.2 Å². The number of benzene rings is 3. The largest absolute Gasteiger partial charge is 0.507 e. The highest BCUT2D eigenvalue weighted by molar-refractivity contribution is 7.96. The van der Waals surface area contributed by atoms with E-state index in [1.807, 2.05) is 36.4 Å². The topological polar surface area (TPSA) is 271 Å². The van der Waals surface area contributed by atoms with Crippen molar-refractivity contribution in [3.63, 3.8) is 0 Å². The van der Waals surface area contributed by atoms with E-state index in [2.05, 4.69) is 144 Å². The number of carboxylic acid groups (broad SMARTS) is 3. The molecule has 14 nitrogen and oxygen atoms in total. The predicted molar refractivity (Wildman–Crippen MR) is 318 cm³/mol. The van der Waals surface area contributed by atoms with Crippen molar-refractivity contribution in [2.75, 3.05) is 26.4 Å². The highest BCUT2D eigenvalue weighted by Gasteiger charge is 2.30. The van der Waals surface area contributed by atoms with E-state index in [4.69, 9.17) is 35.7 Å². The molecule has 0 fully saturated rings. The molecule has 0 saturated heterocycles. The van der Waals surface area contributed by atoms with Crippen LogP contribution in [-0.4, -0.2) is 101 Å². The number of hydrogen-bond acceptors (Lipinski definition) is 11. The van der Waals surface area contributed by atoms with E-state index >= 15 is 0 Å². The van der Waals surface area contributed by atoms with Crippen LogP contribution in [0.4, 0.5) is 0 Å². The molecule has 15 heteroatoms. The summed E-state index contributed by atoms with van der Waals surface area (Å²) in [6, 6.07) is 11.6. The molecule has 3 aromatic rings. The lowest BCUT2D eigenvalue weighted by Crippen LogP contribution is -2.37. The second-order valence-electron chi connectivity index (χ2n) is 26.6. The number of aryl methyl sites for hydroxylation is 3. The second kappa shape index (κ2) is 32.6. The van der Waals surface area contributed by atoms with Crippen molar-refractivity contribution >= 4 is 35.7 Å². The van der Waals surface area contributed by atoms with Crippen molar-refractivity contribution in [1.82, 2.24) is 0 Å². The molecular weight excluding hydrogens is 1010 g/mol. The van der Waals surface area contributed by atoms with Gasteiger partial charge >= 0.3 is 17.9 Å². The lowest BCUT2D eigenvalue weighted by Gasteiger charge is -2.28. The highest BCUT2D eigenvalue weighted by Crippen LogP contribution is 2.43. The van der Waals surface area contributed by atoms with Crippen molar-refractivity contribution in [1.29, 1.82) is 0 Å². The van der Waals surface area contributed by atoms with Crippen LogP contribution < -0.4 is 0 Å². The number of unbranched alkanes of at least 4 members (excludes halogenated alkanes) is 3. The van der Waals surface area contributed by atoms with E-state index in [-0.39, 0.29) is 56.9 Å². The molecule has 3 aromatic carbocycles. The fraction of sp³-hybridized carbons (Fsp3) is 0.651. The molecule has 0 radical (unpaired) electrons. The third-order valence-corrected chi connectivity index (χ3v) is 13.0. The number of thiol groups is 1. The Kier molecular flexibility index (Phi) is 31.5. The Morgan fingerprint density at radius 2 is 0.577 bits per heavy atom. The molecule has 0 aliphatic heterocycles. The summed E-state index contributed by atoms with van der Waals surface area (Å²) in [6.45, 7) is 37.4. The maximum Gasteiger partial charge on any atom is 0.303 e. The molecule has 0 aromatic heterocycles. The minimum atomic E-state index is -1.11. The summed E-state index contributed by atoms with van der Waals surface area (Å²) in [5.41, 5.74) is 6.02. The minimum Gasteiger partial charge on any atom is -0.507 e. The van der Waals surface area contributed by atoms with Gasteiger partial charge < -0.3 is 51.1 Å². The van der Waals surface area contributed by atoms with Gasteiger partial charge in [0.15, 0.2) is 5.12 Å². The zero-order valence-electron chi connectivity index (χ0n) is 51.1. The van der Waals surface area contributed by atoms with Gasteiger partial charge in [0, 0.05) is 25.7 Å². The quantitative estimate of drug-likeness (QED) is 0.0418. The smallest absolute Gasteiger partial charge is 0.303 e. The van der Waals surface area contributed by atoms with E-state index in [1.165, 1.54) is 19.3 Å². The zero-order chi connectivity index (χ0) is 61.6. The Hall–Kier alpha value is -4.67. The monoisotopic (exact) mass is 1120 g/mol. The summed E-state index contributed by atoms with van der Waals surface area (Å²) in [4.78, 5) is 42.5. The first-order valence-corrected chi connectivity index (χ1v) is 27.7. The maximum absolute atomic E-state index is 10.8. The number of aromatic hydroxyl groups is 3. The minimum absolute atomic E-state index is 0.0195. The van der Waals surface area contributed by atoms with Crippen molar-refractivity contribution in [3.8, 4) is 17.2 Å². The SMILES string of the molecule is CC(C)(C)c1cc(CCC(=O)O)cc(C(C)(C)C)c1O.CC(C)(C)c1cc(CCC(=O)O)cc(C(C)(C)C)c1O.CC(C)(C)c1cc(CCC(=O)O)cc(C(C)(C)C)c1O.CCCCCCC(=O)S.OCC(CO)(CO)CO. The van der Waals surface area contributed by atoms with E-state index in [1.54, 1.807) is 0 Å². The lowest BCUT2D eigenvalue weighted by atomic mass is 9.78. The Balaban J connectivity index is 0. The lowest BCUT2D eigenvalue weighted by molar-refractivity contribution is -0.138. The fourth-order valence-electron chi connectivity index (χ4n) is 7.70. The number of hydrogen-bond donors (Lipinski definition) is 11. The summed E-state index contributed by atoms with van der Waals surface area (Å²) in [5, 5.41) is 92.2. The third kappa shape index (κ3) is 28.0. The first-order valence-electron chi connectivity index (χ1n) is 27.2. The predicted octanol–water partition coefficient (Wildman–Crippen LogP) is 12.4. The van der Waals surface area contributed by atoms with Crippen LogP contribution in [-0.2, 0) is 70.9 Å². The molecule has 0 saturated carbocycles. The average Bonchev–Trinajstić information content (AvgIpc) is 3.28. The molecule has 0 amide bonds. The number of carbonyl (C=O) groups excluding carboxylic acids is 1. The number of carboxylic acids is 3. The average molecular weight is 1120 g/mol. The molecule has 0 bridgehead atoms. The van der Waals surface area contributed by atoms with Gasteiger partial charge in [-0.15, -0.1) is 12.6 Å². The summed E-state index contributed by atoms with van der Waals surface area (Å²) in [6.07, 6.45) is 7.07. The van der Waals surface area contributed by atoms with Crippen LogP contribution in [0, 0.1) is 5.41 Å². The molecule has 10 N–H and O–H groups in total. The fourth-order valence-corrected chi connectivity index (χ4v) is 7.86. The second-order valence-corrected chi connectivity index (χ2v) is 27.1. The van der Waals surface area contributed by atoms with Gasteiger partial charge in [-0.2, -0.15) is 0 Å². The molecule has 0 aliphatic carbocycles. The number of phenols is 3. The summed E-state index contributed by atoms with van der Waals surface area (Å²) < 4.78 is 0. The number of aliphatic hydroxyl groups excluding tert-OH is 4. The Labute approximate surface area is 474 Å². The molecule has 78 heavy (non-hydrogen) atoms. The van der Waals surface area contributed by atoms with Crippen molar-refractivity contribution in [2.45, 2.75) is 235 Å². The molecule has 0 heterocycles. The Morgan fingerprint density at radius 1 is 0.372 bits per heavy atom. The molecule has 0 atom stereocenters. The van der Waals surface area contributed by atoms with Crippen molar-refractivity contribution in [2.24, 2.45) is 5.41 Å². The van der Waals surface area contributed by atoms with Gasteiger partial charge in [-0.1, -0.05) is 187 Å². The summed E-state index contributed by atoms with van der Waals surface area (Å²) >= 11 is 3.66. The van der Waals surface area contributed by atoms with E-state index in [0.29, 0.717) is 42.9 Å². The number of aliphatic carboxylic acids is 3. The van der Waals surface area contributed by atoms with E-state index in [9.17, 15) is 34.5 Å². The molecule has 3 rings (SSSR count). The van der Waals surface area contributed by atoms with Crippen molar-refractivity contribution < 1.29 is 70.2 Å². The normalized spacial score (nSPS) is 12.1. The standard InChI is InChI=1S/3C17H26O3.C7H14OS.C5H12O4/c3*1-16(2,3)12-9-11(7-8-14(18)19)10-13(15(12)20)17(4,5)6;1-2-3-4-5-6-7(8)9;6-1-5(2-7,3-8)4-9/h3*9-10,20H,7-8H2,1-6H3,(H,18,19);2-6H2,1H3,(H,8,9);6-9H,1-4H2. The Bertz CT molecular complexity index is 1990. The summed E-state index contributed by atoms with van der Waals surface area (Å²) in [5.74, 6) is -1.38. The van der Waals surface area contributed by atoms with Gasteiger partial charge in [-0.05, 0) is 108 Å². The van der Waals surface area contributed by atoms with E-state index in [0.717, 1.165) is 56.5 Å². The van der Waals surface area contributed by atoms with Gasteiger partial charge in [0.2, 0.25) is 0 Å². The number of carbonyl (C=O) groups is 4. The molecule has 0 spiro atoms. The molecule has 0 aliphatic rings. The van der Waals surface area contributed by atoms with Crippen LogP contribution in [0.3, 0.4) is 0 Å². The highest BCUT2D eigenvalue weighted by atomic mass is 32.1. The van der Waals surface area contributed by atoms with Crippen molar-refractivity contribution in [3.05, 3.63) is 86.5 Å². The van der Waals surface area contributed by atoms with Gasteiger partial charge in [-0.25, -0.2) is 0 Å². The van der Waals surface area contributed by atoms with Crippen LogP contribution in [0.1, 0.15) is 233 Å². The number of phenolic OH excluding ortho intramolecular Hbond substituents is 3. The number of aliphatic hydroxyl groups is 4. The van der Waals surface area contributed by atoms with Crippen LogP contribution in [0.5, 0.6) is 17.2 Å². The zero-order valence-corrected chi connectivity index (χ0v) is 52.0. The van der Waals surface area contributed by atoms with Crippen LogP contribution in [0.25, 0.3) is 0 Å². The van der Waals surface area contributed by atoms with Crippen LogP contribution >= 0.6 is 12.6 Å². The first-order chi connectivity index (χ1) is 35.3. The third-order valence-electron chi connectivity index (χ3n) is 12.8. The van der Waals surface area contributed by atoms with Crippen LogP contribution in [0.15, 0.2) is 36.4 Å².